The van der Waals surface area contributed by atoms with Gasteiger partial charge in [-0.1, -0.05) is 39.7 Å². The molecule has 0 aliphatic carbocycles. The van der Waals surface area contributed by atoms with Gasteiger partial charge in [-0.05, 0) is 49.4 Å². The molecule has 1 atom stereocenters. The summed E-state index contributed by atoms with van der Waals surface area (Å²) >= 11 is 9.78. The Morgan fingerprint density at radius 1 is 1.15 bits per heavy atom. The molecule has 0 spiro atoms. The third-order valence-corrected chi connectivity index (χ3v) is 6.57. The quantitative estimate of drug-likeness (QED) is 0.163. The van der Waals surface area contributed by atoms with Crippen LogP contribution in [0, 0.1) is 0 Å². The molecule has 5 rings (SSSR count). The lowest BCUT2D eigenvalue weighted by molar-refractivity contribution is -0.147. The van der Waals surface area contributed by atoms with Gasteiger partial charge < -0.3 is 18.6 Å². The number of rotatable bonds is 7. The molecule has 2 heterocycles. The smallest absolute Gasteiger partial charge is 0.346 e. The topological polar surface area (TPSA) is 105 Å². The fraction of sp³-hybridized carbons (Fsp3) is 0.143. The van der Waals surface area contributed by atoms with Crippen LogP contribution < -0.4 is 15.0 Å². The first kappa shape index (κ1) is 26.5. The van der Waals surface area contributed by atoms with Gasteiger partial charge in [0.15, 0.2) is 23.4 Å². The Morgan fingerprint density at radius 3 is 2.72 bits per heavy atom. The standard InChI is InChI=1S/C28H21BrClN3O6/c1-15(28(35)37-3)38-25-17(11-19(30)13-23(25)36-2)14-31-33-26(32-21-7-5-4-6-20(21)27(33)34)24-12-16-10-18(29)8-9-22(16)39-24/h4-15H,1-3H3/t15-/m0/s1. The SMILES string of the molecule is COC(=O)[C@H](C)Oc1c(C=Nn2c(-c3cc4cc(Br)ccc4o3)nc3ccccc3c2=O)cc(Cl)cc1OC. The van der Waals surface area contributed by atoms with Gasteiger partial charge in [-0.25, -0.2) is 9.78 Å². The molecule has 11 heteroatoms. The number of benzene rings is 3. The van der Waals surface area contributed by atoms with Gasteiger partial charge in [-0.3, -0.25) is 4.79 Å². The molecule has 5 aromatic rings. The Labute approximate surface area is 235 Å². The van der Waals surface area contributed by atoms with Crippen LogP contribution in [-0.4, -0.2) is 42.2 Å². The highest BCUT2D eigenvalue weighted by Crippen LogP contribution is 2.35. The van der Waals surface area contributed by atoms with Gasteiger partial charge in [0, 0.05) is 26.5 Å². The minimum absolute atomic E-state index is 0.195. The fourth-order valence-corrected chi connectivity index (χ4v) is 4.58. The van der Waals surface area contributed by atoms with E-state index in [2.05, 4.69) is 21.0 Å². The predicted molar refractivity (Wildman–Crippen MR) is 152 cm³/mol. The summed E-state index contributed by atoms with van der Waals surface area (Å²) in [7, 11) is 2.71. The number of halogens is 2. The van der Waals surface area contributed by atoms with Crippen LogP contribution in [0.15, 0.2) is 79.4 Å². The van der Waals surface area contributed by atoms with Gasteiger partial charge >= 0.3 is 5.97 Å². The Kier molecular flexibility index (Phi) is 7.40. The van der Waals surface area contributed by atoms with Crippen LogP contribution >= 0.6 is 27.5 Å². The summed E-state index contributed by atoms with van der Waals surface area (Å²) < 4.78 is 24.1. The van der Waals surface area contributed by atoms with Crippen LogP contribution in [0.2, 0.25) is 5.02 Å². The summed E-state index contributed by atoms with van der Waals surface area (Å²) in [5, 5.41) is 6.00. The van der Waals surface area contributed by atoms with Crippen LogP contribution in [0.25, 0.3) is 33.5 Å². The zero-order valence-corrected chi connectivity index (χ0v) is 23.3. The van der Waals surface area contributed by atoms with Crippen molar-refractivity contribution in [3.8, 4) is 23.1 Å². The van der Waals surface area contributed by atoms with Crippen molar-refractivity contribution in [3.63, 3.8) is 0 Å². The highest BCUT2D eigenvalue weighted by molar-refractivity contribution is 9.10. The first-order valence-corrected chi connectivity index (χ1v) is 12.8. The van der Waals surface area contributed by atoms with E-state index in [-0.39, 0.29) is 17.3 Å². The van der Waals surface area contributed by atoms with Crippen LogP contribution in [0.5, 0.6) is 11.5 Å². The molecule has 0 amide bonds. The third-order valence-electron chi connectivity index (χ3n) is 5.86. The number of carbonyl (C=O) groups is 1. The Balaban J connectivity index is 1.69. The molecule has 198 valence electrons. The van der Waals surface area contributed by atoms with Crippen molar-refractivity contribution in [2.24, 2.45) is 5.10 Å². The highest BCUT2D eigenvalue weighted by Gasteiger charge is 2.21. The van der Waals surface area contributed by atoms with Gasteiger partial charge in [0.05, 0.1) is 31.3 Å². The number of furan rings is 1. The second-order valence-electron chi connectivity index (χ2n) is 8.42. The summed E-state index contributed by atoms with van der Waals surface area (Å²) in [6.45, 7) is 1.54. The molecule has 0 N–H and O–H groups in total. The minimum Gasteiger partial charge on any atom is -0.493 e. The van der Waals surface area contributed by atoms with E-state index >= 15 is 0 Å². The van der Waals surface area contributed by atoms with Gasteiger partial charge in [0.25, 0.3) is 5.56 Å². The second kappa shape index (κ2) is 10.9. The number of aromatic nitrogens is 2. The molecule has 0 bridgehead atoms. The van der Waals surface area contributed by atoms with Crippen molar-refractivity contribution in [1.82, 2.24) is 9.66 Å². The maximum absolute atomic E-state index is 13.6. The van der Waals surface area contributed by atoms with E-state index in [1.165, 1.54) is 27.4 Å². The lowest BCUT2D eigenvalue weighted by Gasteiger charge is -2.17. The molecule has 39 heavy (non-hydrogen) atoms. The first-order chi connectivity index (χ1) is 18.8. The lowest BCUT2D eigenvalue weighted by atomic mass is 10.2. The highest BCUT2D eigenvalue weighted by atomic mass is 79.9. The van der Waals surface area contributed by atoms with Crippen molar-refractivity contribution in [3.05, 3.63) is 86.1 Å². The Morgan fingerprint density at radius 2 is 1.95 bits per heavy atom. The van der Waals surface area contributed by atoms with Crippen molar-refractivity contribution in [2.45, 2.75) is 13.0 Å². The van der Waals surface area contributed by atoms with Crippen molar-refractivity contribution >= 4 is 61.6 Å². The van der Waals surface area contributed by atoms with Gasteiger partial charge in [-0.15, -0.1) is 0 Å². The molecular weight excluding hydrogens is 590 g/mol. The van der Waals surface area contributed by atoms with E-state index < -0.39 is 17.6 Å². The number of nitrogens with zero attached hydrogens (tertiary/aromatic N) is 3. The number of hydrogen-bond acceptors (Lipinski definition) is 8. The lowest BCUT2D eigenvalue weighted by Crippen LogP contribution is -2.25. The molecule has 0 aliphatic rings. The minimum atomic E-state index is -0.951. The monoisotopic (exact) mass is 609 g/mol. The second-order valence-corrected chi connectivity index (χ2v) is 9.77. The average Bonchev–Trinajstić information content (AvgIpc) is 3.35. The molecular formula is C28H21BrClN3O6. The number of carbonyl (C=O) groups excluding carboxylic acids is 1. The average molecular weight is 611 g/mol. The molecule has 0 saturated heterocycles. The number of ether oxygens (including phenoxy) is 3. The van der Waals surface area contributed by atoms with E-state index in [0.29, 0.717) is 32.8 Å². The maximum Gasteiger partial charge on any atom is 0.346 e. The van der Waals surface area contributed by atoms with Gasteiger partial charge in [0.1, 0.15) is 5.58 Å². The van der Waals surface area contributed by atoms with Crippen LogP contribution in [0.4, 0.5) is 0 Å². The van der Waals surface area contributed by atoms with E-state index in [4.69, 9.17) is 35.2 Å². The third kappa shape index (κ3) is 5.25. The van der Waals surface area contributed by atoms with Crippen molar-refractivity contribution in [1.29, 1.82) is 0 Å². The Bertz CT molecular complexity index is 1810. The van der Waals surface area contributed by atoms with Crippen LogP contribution in [0.3, 0.4) is 0 Å². The molecule has 0 saturated carbocycles. The molecule has 0 aliphatic heterocycles. The predicted octanol–water partition coefficient (Wildman–Crippen LogP) is 6.06. The summed E-state index contributed by atoms with van der Waals surface area (Å²) in [5.74, 6) is 0.431. The normalized spacial score (nSPS) is 12.2. The molecule has 3 aromatic carbocycles. The molecule has 2 aromatic heterocycles. The van der Waals surface area contributed by atoms with E-state index in [9.17, 15) is 9.59 Å². The van der Waals surface area contributed by atoms with E-state index in [0.717, 1.165) is 14.5 Å². The largest absolute Gasteiger partial charge is 0.493 e. The summed E-state index contributed by atoms with van der Waals surface area (Å²) in [6, 6.07) is 17.5. The van der Waals surface area contributed by atoms with Crippen molar-refractivity contribution in [2.75, 3.05) is 14.2 Å². The number of hydrogen-bond donors (Lipinski definition) is 0. The fourth-order valence-electron chi connectivity index (χ4n) is 3.99. The number of esters is 1. The number of para-hydroxylation sites is 1. The van der Waals surface area contributed by atoms with Gasteiger partial charge in [-0.2, -0.15) is 9.78 Å². The number of methoxy groups -OCH3 is 2. The first-order valence-electron chi connectivity index (χ1n) is 11.7. The van der Waals surface area contributed by atoms with E-state index in [1.54, 1.807) is 42.5 Å². The van der Waals surface area contributed by atoms with Crippen molar-refractivity contribution < 1.29 is 23.4 Å². The molecule has 0 unspecified atom stereocenters. The van der Waals surface area contributed by atoms with Crippen LogP contribution in [0.1, 0.15) is 12.5 Å². The van der Waals surface area contributed by atoms with Gasteiger partial charge in [0.2, 0.25) is 5.82 Å². The summed E-state index contributed by atoms with van der Waals surface area (Å²) in [6.07, 6.45) is 0.432. The zero-order valence-electron chi connectivity index (χ0n) is 21.0. The zero-order chi connectivity index (χ0) is 27.7. The maximum atomic E-state index is 13.6. The van der Waals surface area contributed by atoms with E-state index in [1.807, 2.05) is 18.2 Å². The molecule has 9 nitrogen and oxygen atoms in total. The Hall–Kier alpha value is -4.15. The summed E-state index contributed by atoms with van der Waals surface area (Å²) in [5.41, 5.74) is 1.06. The molecule has 0 fully saturated rings. The number of fused-ring (bicyclic) bond motifs is 2. The molecule has 0 radical (unpaired) electrons. The summed E-state index contributed by atoms with van der Waals surface area (Å²) in [4.78, 5) is 30.3. The van der Waals surface area contributed by atoms with Crippen LogP contribution in [-0.2, 0) is 9.53 Å².